The van der Waals surface area contributed by atoms with E-state index in [0.717, 1.165) is 52.6 Å². The number of benzene rings is 3. The molecule has 0 aliphatic carbocycles. The summed E-state index contributed by atoms with van der Waals surface area (Å²) in [6.45, 7) is 3.72. The Balaban J connectivity index is 1.46. The highest BCUT2D eigenvalue weighted by Gasteiger charge is 2.21. The normalized spacial score (nSPS) is 13.4. The van der Waals surface area contributed by atoms with Crippen molar-refractivity contribution >= 4 is 28.5 Å². The number of nitrogens with zero attached hydrogens (tertiary/aromatic N) is 2. The number of fused-ring (bicyclic) bond motifs is 3. The molecule has 1 amide bonds. The number of aromatic nitrogens is 2. The molecule has 1 aliphatic rings. The van der Waals surface area contributed by atoms with Crippen LogP contribution in [0.1, 0.15) is 70.0 Å². The second-order valence-corrected chi connectivity index (χ2v) is 9.50. The molecular formula is C31H31N3O4. The predicted octanol–water partition coefficient (Wildman–Crippen LogP) is 6.07. The molecule has 0 radical (unpaired) electrons. The van der Waals surface area contributed by atoms with Gasteiger partial charge in [-0.15, -0.1) is 0 Å². The number of unbranched alkanes of at least 4 members (excludes halogenated alkanes) is 3. The van der Waals surface area contributed by atoms with Gasteiger partial charge in [-0.3, -0.25) is 4.79 Å². The summed E-state index contributed by atoms with van der Waals surface area (Å²) < 4.78 is 8.04. The van der Waals surface area contributed by atoms with Gasteiger partial charge in [-0.2, -0.15) is 0 Å². The Morgan fingerprint density at radius 1 is 1.03 bits per heavy atom. The number of ether oxygens (including phenoxy) is 1. The third kappa shape index (κ3) is 5.32. The van der Waals surface area contributed by atoms with Gasteiger partial charge in [0.25, 0.3) is 5.91 Å². The summed E-state index contributed by atoms with van der Waals surface area (Å²) in [5.74, 6) is -0.424. The number of carbonyl (C=O) groups is 2. The lowest BCUT2D eigenvalue weighted by molar-refractivity contribution is 0.0696. The van der Waals surface area contributed by atoms with Crippen LogP contribution >= 0.6 is 0 Å². The fourth-order valence-electron chi connectivity index (χ4n) is 4.82. The van der Waals surface area contributed by atoms with E-state index >= 15 is 0 Å². The second-order valence-electron chi connectivity index (χ2n) is 9.50. The molecule has 0 bridgehead atoms. The molecule has 194 valence electrons. The molecule has 7 nitrogen and oxygen atoms in total. The van der Waals surface area contributed by atoms with Crippen LogP contribution in [0.4, 0.5) is 0 Å². The van der Waals surface area contributed by atoms with Gasteiger partial charge in [-0.1, -0.05) is 56.5 Å². The van der Waals surface area contributed by atoms with Gasteiger partial charge in [-0.05, 0) is 59.5 Å². The van der Waals surface area contributed by atoms with Crippen molar-refractivity contribution in [3.8, 4) is 5.75 Å². The monoisotopic (exact) mass is 509 g/mol. The topological polar surface area (TPSA) is 93.5 Å². The smallest absolute Gasteiger partial charge is 0.335 e. The number of allylic oxidation sites excluding steroid dienone is 1. The Morgan fingerprint density at radius 2 is 1.87 bits per heavy atom. The number of rotatable bonds is 9. The summed E-state index contributed by atoms with van der Waals surface area (Å²) >= 11 is 0. The van der Waals surface area contributed by atoms with Crippen LogP contribution in [0.15, 0.2) is 73.1 Å². The summed E-state index contributed by atoms with van der Waals surface area (Å²) in [6, 6.07) is 18.5. The van der Waals surface area contributed by atoms with E-state index in [1.807, 2.05) is 47.0 Å². The van der Waals surface area contributed by atoms with E-state index < -0.39 is 5.97 Å². The van der Waals surface area contributed by atoms with Gasteiger partial charge in [-0.25, -0.2) is 9.78 Å². The van der Waals surface area contributed by atoms with Crippen LogP contribution in [0.25, 0.3) is 16.6 Å². The second kappa shape index (κ2) is 11.3. The maximum atomic E-state index is 12.7. The first-order valence-corrected chi connectivity index (χ1v) is 13.1. The number of carboxylic acids is 1. The Hall–Kier alpha value is -4.39. The van der Waals surface area contributed by atoms with Crippen molar-refractivity contribution in [2.45, 2.75) is 45.8 Å². The highest BCUT2D eigenvalue weighted by Crippen LogP contribution is 2.37. The zero-order chi connectivity index (χ0) is 26.5. The van der Waals surface area contributed by atoms with Crippen molar-refractivity contribution in [2.24, 2.45) is 0 Å². The zero-order valence-electron chi connectivity index (χ0n) is 21.4. The van der Waals surface area contributed by atoms with E-state index in [1.54, 1.807) is 24.5 Å². The Morgan fingerprint density at radius 3 is 2.71 bits per heavy atom. The van der Waals surface area contributed by atoms with E-state index in [2.05, 4.69) is 23.3 Å². The van der Waals surface area contributed by atoms with Gasteiger partial charge in [0.1, 0.15) is 12.4 Å². The van der Waals surface area contributed by atoms with Crippen LogP contribution in [-0.2, 0) is 13.2 Å². The molecule has 0 fully saturated rings. The average molecular weight is 510 g/mol. The van der Waals surface area contributed by atoms with Gasteiger partial charge in [0, 0.05) is 24.2 Å². The van der Waals surface area contributed by atoms with Gasteiger partial charge >= 0.3 is 5.97 Å². The number of hydrogen-bond donors (Lipinski definition) is 2. The molecule has 1 aliphatic heterocycles. The molecule has 0 unspecified atom stereocenters. The maximum absolute atomic E-state index is 12.7. The largest absolute Gasteiger partial charge is 0.488 e. The standard InChI is InChI=1S/C31H31N3O4/c1-2-3-4-7-15-32-30(35)21-10-12-27-28(18-21)34(20-33-27)16-14-25-24-9-6-5-8-23(24)19-38-29-13-11-22(31(36)37)17-26(25)29/h5-6,8-14,17-18,20H,2-4,7,15-16,19H2,1H3,(H,32,35)(H,36,37). The highest BCUT2D eigenvalue weighted by molar-refractivity contribution is 5.97. The molecule has 2 N–H and O–H groups in total. The maximum Gasteiger partial charge on any atom is 0.335 e. The minimum absolute atomic E-state index is 0.0838. The van der Waals surface area contributed by atoms with E-state index in [9.17, 15) is 14.7 Å². The van der Waals surface area contributed by atoms with Crippen molar-refractivity contribution in [1.82, 2.24) is 14.9 Å². The van der Waals surface area contributed by atoms with Crippen LogP contribution < -0.4 is 10.1 Å². The lowest BCUT2D eigenvalue weighted by atomic mass is 9.93. The van der Waals surface area contributed by atoms with Crippen molar-refractivity contribution < 1.29 is 19.4 Å². The minimum atomic E-state index is -0.985. The zero-order valence-corrected chi connectivity index (χ0v) is 21.4. The molecule has 0 atom stereocenters. The molecule has 3 aromatic carbocycles. The predicted molar refractivity (Wildman–Crippen MR) is 147 cm³/mol. The summed E-state index contributed by atoms with van der Waals surface area (Å²) in [7, 11) is 0. The molecule has 0 saturated heterocycles. The quantitative estimate of drug-likeness (QED) is 0.267. The number of imidazole rings is 1. The SMILES string of the molecule is CCCCCCNC(=O)c1ccc2ncn(CC=C3c4ccccc4COc4ccc(C(=O)O)cc43)c2c1. The first kappa shape index (κ1) is 25.3. The van der Waals surface area contributed by atoms with E-state index in [-0.39, 0.29) is 11.5 Å². The molecule has 0 spiro atoms. The number of aromatic carboxylic acids is 1. The molecule has 1 aromatic heterocycles. The first-order valence-electron chi connectivity index (χ1n) is 13.1. The number of carboxylic acid groups (broad SMARTS) is 1. The first-order chi connectivity index (χ1) is 18.5. The number of hydrogen-bond acceptors (Lipinski definition) is 4. The van der Waals surface area contributed by atoms with Gasteiger partial charge in [0.05, 0.1) is 22.9 Å². The summed E-state index contributed by atoms with van der Waals surface area (Å²) in [5, 5.41) is 12.6. The third-order valence-electron chi connectivity index (χ3n) is 6.90. The van der Waals surface area contributed by atoms with Crippen LogP contribution in [-0.4, -0.2) is 33.1 Å². The Labute approximate surface area is 221 Å². The highest BCUT2D eigenvalue weighted by atomic mass is 16.5. The summed E-state index contributed by atoms with van der Waals surface area (Å²) in [6.07, 6.45) is 8.26. The van der Waals surface area contributed by atoms with Crippen molar-refractivity contribution in [3.63, 3.8) is 0 Å². The number of nitrogens with one attached hydrogen (secondary N) is 1. The molecule has 4 aromatic rings. The van der Waals surface area contributed by atoms with Gasteiger partial charge in [0.2, 0.25) is 0 Å². The average Bonchev–Trinajstić information content (AvgIpc) is 3.27. The molecule has 5 rings (SSSR count). The molecular weight excluding hydrogens is 478 g/mol. The van der Waals surface area contributed by atoms with Gasteiger partial charge in [0.15, 0.2) is 0 Å². The molecule has 0 saturated carbocycles. The van der Waals surface area contributed by atoms with Crippen molar-refractivity contribution in [1.29, 1.82) is 0 Å². The Bertz CT molecular complexity index is 1520. The fourth-order valence-corrected chi connectivity index (χ4v) is 4.82. The molecule has 2 heterocycles. The van der Waals surface area contributed by atoms with E-state index in [0.29, 0.717) is 31.0 Å². The van der Waals surface area contributed by atoms with Crippen LogP contribution in [0.5, 0.6) is 5.75 Å². The lowest BCUT2D eigenvalue weighted by Crippen LogP contribution is -2.24. The van der Waals surface area contributed by atoms with Crippen molar-refractivity contribution in [2.75, 3.05) is 6.54 Å². The lowest BCUT2D eigenvalue weighted by Gasteiger charge is -2.12. The Kier molecular flexibility index (Phi) is 7.54. The van der Waals surface area contributed by atoms with Crippen LogP contribution in [0.3, 0.4) is 0 Å². The van der Waals surface area contributed by atoms with Crippen LogP contribution in [0.2, 0.25) is 0 Å². The summed E-state index contributed by atoms with van der Waals surface area (Å²) in [5.41, 5.74) is 6.14. The van der Waals surface area contributed by atoms with Crippen molar-refractivity contribution in [3.05, 3.63) is 101 Å². The number of carbonyl (C=O) groups excluding carboxylic acids is 1. The minimum Gasteiger partial charge on any atom is -0.488 e. The van der Waals surface area contributed by atoms with E-state index in [4.69, 9.17) is 4.74 Å². The number of amides is 1. The molecule has 38 heavy (non-hydrogen) atoms. The van der Waals surface area contributed by atoms with Gasteiger partial charge < -0.3 is 19.7 Å². The third-order valence-corrected chi connectivity index (χ3v) is 6.90. The van der Waals surface area contributed by atoms with E-state index in [1.165, 1.54) is 6.42 Å². The molecule has 7 heteroatoms. The fraction of sp³-hybridized carbons (Fsp3) is 0.258. The van der Waals surface area contributed by atoms with Crippen LogP contribution in [0, 0.1) is 0 Å². The summed E-state index contributed by atoms with van der Waals surface area (Å²) in [4.78, 5) is 29.0.